The Kier molecular flexibility index (Phi) is 2.86. The van der Waals surface area contributed by atoms with Gasteiger partial charge in [-0.15, -0.1) is 0 Å². The van der Waals surface area contributed by atoms with Crippen LogP contribution in [0.5, 0.6) is 0 Å². The highest BCUT2D eigenvalue weighted by Crippen LogP contribution is 2.30. The Hall–Kier alpha value is -1.02. The van der Waals surface area contributed by atoms with Gasteiger partial charge in [0.25, 0.3) is 0 Å². The number of hydrogen-bond donors (Lipinski definition) is 1. The number of halogens is 1. The average Bonchev–Trinajstić information content (AvgIpc) is 2.11. The second kappa shape index (κ2) is 3.62. The SMILES string of the molecule is Cc1c(C)c(C)c(C(=O)O)c(Cl)c1C. The number of rotatable bonds is 1. The molecule has 3 heteroatoms. The van der Waals surface area contributed by atoms with Crippen LogP contribution in [-0.2, 0) is 0 Å². The zero-order chi connectivity index (χ0) is 11.0. The Labute approximate surface area is 88.5 Å². The van der Waals surface area contributed by atoms with Crippen molar-refractivity contribution in [1.29, 1.82) is 0 Å². The largest absolute Gasteiger partial charge is 0.478 e. The van der Waals surface area contributed by atoms with Crippen LogP contribution in [-0.4, -0.2) is 11.1 Å². The van der Waals surface area contributed by atoms with Gasteiger partial charge in [0, 0.05) is 0 Å². The number of hydrogen-bond acceptors (Lipinski definition) is 1. The minimum absolute atomic E-state index is 0.229. The first kappa shape index (κ1) is 11.1. The van der Waals surface area contributed by atoms with E-state index in [1.165, 1.54) is 0 Å². The summed E-state index contributed by atoms with van der Waals surface area (Å²) in [6.45, 7) is 7.50. The van der Waals surface area contributed by atoms with E-state index in [0.29, 0.717) is 5.02 Å². The van der Waals surface area contributed by atoms with Crippen LogP contribution >= 0.6 is 11.6 Å². The van der Waals surface area contributed by atoms with Crippen LogP contribution in [0.4, 0.5) is 0 Å². The average molecular weight is 213 g/mol. The molecular formula is C11H13ClO2. The lowest BCUT2D eigenvalue weighted by Crippen LogP contribution is -2.06. The van der Waals surface area contributed by atoms with E-state index < -0.39 is 5.97 Å². The van der Waals surface area contributed by atoms with Crippen LogP contribution < -0.4 is 0 Å². The van der Waals surface area contributed by atoms with Crippen molar-refractivity contribution in [3.05, 3.63) is 32.8 Å². The lowest BCUT2D eigenvalue weighted by Gasteiger charge is -2.14. The molecule has 1 aromatic rings. The summed E-state index contributed by atoms with van der Waals surface area (Å²) in [5.41, 5.74) is 3.91. The van der Waals surface area contributed by atoms with Crippen LogP contribution in [0.1, 0.15) is 32.6 Å². The van der Waals surface area contributed by atoms with Gasteiger partial charge in [-0.1, -0.05) is 11.6 Å². The summed E-state index contributed by atoms with van der Waals surface area (Å²) in [6.07, 6.45) is 0. The van der Waals surface area contributed by atoms with Crippen molar-refractivity contribution in [2.45, 2.75) is 27.7 Å². The molecule has 0 bridgehead atoms. The minimum atomic E-state index is -0.960. The molecule has 0 unspecified atom stereocenters. The summed E-state index contributed by atoms with van der Waals surface area (Å²) in [5, 5.41) is 9.36. The third kappa shape index (κ3) is 1.50. The normalized spacial score (nSPS) is 10.4. The summed E-state index contributed by atoms with van der Waals surface area (Å²) in [5.74, 6) is -0.960. The molecule has 1 aromatic carbocycles. The van der Waals surface area contributed by atoms with Gasteiger partial charge >= 0.3 is 5.97 Å². The van der Waals surface area contributed by atoms with E-state index in [2.05, 4.69) is 0 Å². The maximum atomic E-state index is 11.0. The van der Waals surface area contributed by atoms with Crippen molar-refractivity contribution in [3.8, 4) is 0 Å². The number of carbonyl (C=O) groups is 1. The second-order valence-corrected chi connectivity index (χ2v) is 3.87. The molecule has 0 aliphatic carbocycles. The zero-order valence-corrected chi connectivity index (χ0v) is 9.49. The first-order valence-corrected chi connectivity index (χ1v) is 4.74. The van der Waals surface area contributed by atoms with Gasteiger partial charge in [0.15, 0.2) is 0 Å². The van der Waals surface area contributed by atoms with Crippen molar-refractivity contribution in [1.82, 2.24) is 0 Å². The Morgan fingerprint density at radius 1 is 1.00 bits per heavy atom. The molecule has 1 N–H and O–H groups in total. The molecule has 0 heterocycles. The highest BCUT2D eigenvalue weighted by molar-refractivity contribution is 6.34. The molecule has 0 saturated heterocycles. The molecule has 76 valence electrons. The van der Waals surface area contributed by atoms with Crippen LogP contribution in [0.2, 0.25) is 5.02 Å². The first-order valence-electron chi connectivity index (χ1n) is 4.37. The maximum Gasteiger partial charge on any atom is 0.337 e. The van der Waals surface area contributed by atoms with E-state index in [9.17, 15) is 4.79 Å². The fourth-order valence-electron chi connectivity index (χ4n) is 1.52. The molecule has 14 heavy (non-hydrogen) atoms. The molecule has 0 spiro atoms. The molecule has 0 atom stereocenters. The summed E-state index contributed by atoms with van der Waals surface area (Å²) < 4.78 is 0. The first-order chi connectivity index (χ1) is 6.37. The number of carboxylic acid groups (broad SMARTS) is 1. The van der Waals surface area contributed by atoms with Gasteiger partial charge in [-0.3, -0.25) is 0 Å². The Morgan fingerprint density at radius 2 is 1.43 bits per heavy atom. The predicted octanol–water partition coefficient (Wildman–Crippen LogP) is 3.27. The minimum Gasteiger partial charge on any atom is -0.478 e. The van der Waals surface area contributed by atoms with Crippen LogP contribution in [0.25, 0.3) is 0 Å². The second-order valence-electron chi connectivity index (χ2n) is 3.49. The third-order valence-electron chi connectivity index (χ3n) is 2.83. The van der Waals surface area contributed by atoms with Gasteiger partial charge < -0.3 is 5.11 Å². The molecule has 0 amide bonds. The summed E-state index contributed by atoms with van der Waals surface area (Å²) in [6, 6.07) is 0. The molecule has 0 aromatic heterocycles. The predicted molar refractivity (Wildman–Crippen MR) is 57.4 cm³/mol. The summed E-state index contributed by atoms with van der Waals surface area (Å²) in [4.78, 5) is 11.0. The lowest BCUT2D eigenvalue weighted by molar-refractivity contribution is 0.0696. The number of aromatic carboxylic acids is 1. The quantitative estimate of drug-likeness (QED) is 0.776. The zero-order valence-electron chi connectivity index (χ0n) is 8.73. The molecular weight excluding hydrogens is 200 g/mol. The Bertz CT molecular complexity index is 379. The van der Waals surface area contributed by atoms with E-state index in [1.807, 2.05) is 20.8 Å². The summed E-state index contributed by atoms with van der Waals surface area (Å²) >= 11 is 5.99. The van der Waals surface area contributed by atoms with E-state index in [1.54, 1.807) is 6.92 Å². The number of carboxylic acids is 1. The van der Waals surface area contributed by atoms with Crippen molar-refractivity contribution < 1.29 is 9.90 Å². The highest BCUT2D eigenvalue weighted by Gasteiger charge is 2.18. The van der Waals surface area contributed by atoms with Gasteiger partial charge in [-0.25, -0.2) is 4.79 Å². The van der Waals surface area contributed by atoms with Crippen molar-refractivity contribution in [2.75, 3.05) is 0 Å². The van der Waals surface area contributed by atoms with Gasteiger partial charge in [0.05, 0.1) is 10.6 Å². The van der Waals surface area contributed by atoms with Gasteiger partial charge in [-0.05, 0) is 49.9 Å². The molecule has 2 nitrogen and oxygen atoms in total. The fourth-order valence-corrected chi connectivity index (χ4v) is 1.89. The molecule has 0 saturated carbocycles. The number of benzene rings is 1. The topological polar surface area (TPSA) is 37.3 Å². The van der Waals surface area contributed by atoms with Crippen LogP contribution in [0.3, 0.4) is 0 Å². The summed E-state index contributed by atoms with van der Waals surface area (Å²) in [7, 11) is 0. The molecule has 1 rings (SSSR count). The van der Waals surface area contributed by atoms with Crippen LogP contribution in [0.15, 0.2) is 0 Å². The van der Waals surface area contributed by atoms with Crippen molar-refractivity contribution >= 4 is 17.6 Å². The fraction of sp³-hybridized carbons (Fsp3) is 0.364. The van der Waals surface area contributed by atoms with Gasteiger partial charge in [0.1, 0.15) is 0 Å². The van der Waals surface area contributed by atoms with Crippen LogP contribution in [0, 0.1) is 27.7 Å². The molecule has 0 aliphatic rings. The standard InChI is InChI=1S/C11H13ClO2/c1-5-6(2)8(4)10(12)9(7(5)3)11(13)14/h1-4H3,(H,13,14). The van der Waals surface area contributed by atoms with Gasteiger partial charge in [-0.2, -0.15) is 0 Å². The lowest BCUT2D eigenvalue weighted by atomic mass is 9.94. The molecule has 0 fully saturated rings. The monoisotopic (exact) mass is 212 g/mol. The third-order valence-corrected chi connectivity index (χ3v) is 3.30. The van der Waals surface area contributed by atoms with Gasteiger partial charge in [0.2, 0.25) is 0 Å². The Morgan fingerprint density at radius 3 is 1.86 bits per heavy atom. The van der Waals surface area contributed by atoms with E-state index in [-0.39, 0.29) is 5.56 Å². The Balaban J connectivity index is 3.68. The van der Waals surface area contributed by atoms with E-state index in [4.69, 9.17) is 16.7 Å². The smallest absolute Gasteiger partial charge is 0.337 e. The van der Waals surface area contributed by atoms with Crippen molar-refractivity contribution in [3.63, 3.8) is 0 Å². The molecule has 0 radical (unpaired) electrons. The van der Waals surface area contributed by atoms with E-state index >= 15 is 0 Å². The highest BCUT2D eigenvalue weighted by atomic mass is 35.5. The molecule has 0 aliphatic heterocycles. The van der Waals surface area contributed by atoms with E-state index in [0.717, 1.165) is 22.3 Å². The maximum absolute atomic E-state index is 11.0. The van der Waals surface area contributed by atoms with Crippen molar-refractivity contribution in [2.24, 2.45) is 0 Å².